The lowest BCUT2D eigenvalue weighted by Gasteiger charge is -2.34. The lowest BCUT2D eigenvalue weighted by molar-refractivity contribution is 0.284. The Hall–Kier alpha value is -1.47. The fourth-order valence-electron chi connectivity index (χ4n) is 2.62. The first-order chi connectivity index (χ1) is 9.51. The van der Waals surface area contributed by atoms with E-state index in [1.165, 1.54) is 0 Å². The fraction of sp³-hybridized carbons (Fsp3) is 0.615. The molecular formula is C13H21F2N5. The van der Waals surface area contributed by atoms with E-state index in [2.05, 4.69) is 15.3 Å². The molecule has 1 aliphatic heterocycles. The smallest absolute Gasteiger partial charge is 0.178 e. The third-order valence-corrected chi connectivity index (χ3v) is 3.59. The molecule has 0 saturated carbocycles. The molecule has 112 valence electrons. The van der Waals surface area contributed by atoms with Crippen LogP contribution in [0, 0.1) is 17.6 Å². The quantitative estimate of drug-likeness (QED) is 0.647. The van der Waals surface area contributed by atoms with E-state index in [1.54, 1.807) is 0 Å². The summed E-state index contributed by atoms with van der Waals surface area (Å²) in [7, 11) is 4.10. The molecular weight excluding hydrogens is 264 g/mol. The number of pyridine rings is 1. The highest BCUT2D eigenvalue weighted by Crippen LogP contribution is 2.26. The van der Waals surface area contributed by atoms with Gasteiger partial charge in [-0.25, -0.2) is 19.6 Å². The van der Waals surface area contributed by atoms with Gasteiger partial charge < -0.3 is 15.2 Å². The minimum atomic E-state index is -0.781. The Morgan fingerprint density at radius 1 is 1.35 bits per heavy atom. The Balaban J connectivity index is 2.07. The number of halogens is 2. The Bertz CT molecular complexity index is 458. The van der Waals surface area contributed by atoms with Crippen LogP contribution >= 0.6 is 0 Å². The maximum atomic E-state index is 13.8. The number of piperidine rings is 1. The highest BCUT2D eigenvalue weighted by Gasteiger charge is 2.23. The van der Waals surface area contributed by atoms with Crippen molar-refractivity contribution in [2.45, 2.75) is 12.8 Å². The zero-order valence-corrected chi connectivity index (χ0v) is 11.9. The predicted molar refractivity (Wildman–Crippen MR) is 75.5 cm³/mol. The van der Waals surface area contributed by atoms with Crippen molar-refractivity contribution in [1.82, 2.24) is 9.88 Å². The normalized spacial score (nSPS) is 16.8. The topological polar surface area (TPSA) is 57.4 Å². The first kappa shape index (κ1) is 14.9. The van der Waals surface area contributed by atoms with Crippen LogP contribution in [-0.2, 0) is 0 Å². The second kappa shape index (κ2) is 6.32. The van der Waals surface area contributed by atoms with E-state index in [1.807, 2.05) is 19.0 Å². The van der Waals surface area contributed by atoms with Crippen molar-refractivity contribution in [2.75, 3.05) is 44.1 Å². The summed E-state index contributed by atoms with van der Waals surface area (Å²) < 4.78 is 27.2. The number of hydrogen-bond donors (Lipinski definition) is 2. The molecule has 2 heterocycles. The Morgan fingerprint density at radius 3 is 2.55 bits per heavy atom. The van der Waals surface area contributed by atoms with Gasteiger partial charge in [-0.1, -0.05) is 0 Å². The molecule has 7 heteroatoms. The molecule has 1 aliphatic rings. The molecule has 20 heavy (non-hydrogen) atoms. The van der Waals surface area contributed by atoms with E-state index in [0.29, 0.717) is 5.92 Å². The third kappa shape index (κ3) is 3.34. The van der Waals surface area contributed by atoms with Crippen LogP contribution in [0.2, 0.25) is 0 Å². The van der Waals surface area contributed by atoms with E-state index >= 15 is 0 Å². The van der Waals surface area contributed by atoms with E-state index in [-0.39, 0.29) is 11.6 Å². The predicted octanol–water partition coefficient (Wildman–Crippen LogP) is 1.42. The van der Waals surface area contributed by atoms with Gasteiger partial charge in [0.25, 0.3) is 0 Å². The van der Waals surface area contributed by atoms with E-state index < -0.39 is 11.6 Å². The Morgan fingerprint density at radius 2 is 2.00 bits per heavy atom. The number of rotatable bonds is 4. The van der Waals surface area contributed by atoms with Crippen LogP contribution < -0.4 is 16.2 Å². The van der Waals surface area contributed by atoms with Crippen molar-refractivity contribution in [2.24, 2.45) is 11.8 Å². The van der Waals surface area contributed by atoms with E-state index in [0.717, 1.165) is 38.5 Å². The summed E-state index contributed by atoms with van der Waals surface area (Å²) in [6, 6.07) is 0.823. The van der Waals surface area contributed by atoms with Crippen LogP contribution in [0.5, 0.6) is 0 Å². The number of anilines is 2. The van der Waals surface area contributed by atoms with Crippen LogP contribution in [0.1, 0.15) is 12.8 Å². The van der Waals surface area contributed by atoms with E-state index in [4.69, 9.17) is 5.84 Å². The van der Waals surface area contributed by atoms with Crippen LogP contribution in [0.25, 0.3) is 0 Å². The summed E-state index contributed by atoms with van der Waals surface area (Å²) in [4.78, 5) is 7.94. The molecule has 5 nitrogen and oxygen atoms in total. The maximum absolute atomic E-state index is 13.8. The van der Waals surface area contributed by atoms with Crippen molar-refractivity contribution in [1.29, 1.82) is 0 Å². The van der Waals surface area contributed by atoms with Gasteiger partial charge in [0.05, 0.1) is 0 Å². The van der Waals surface area contributed by atoms with Crippen molar-refractivity contribution in [3.05, 3.63) is 17.7 Å². The maximum Gasteiger partial charge on any atom is 0.178 e. The molecule has 0 atom stereocenters. The first-order valence-corrected chi connectivity index (χ1v) is 6.73. The molecule has 0 unspecified atom stereocenters. The monoisotopic (exact) mass is 285 g/mol. The number of nitrogens with two attached hydrogens (primary N) is 1. The Kier molecular flexibility index (Phi) is 4.72. The van der Waals surface area contributed by atoms with Gasteiger partial charge in [-0.05, 0) is 32.9 Å². The first-order valence-electron chi connectivity index (χ1n) is 6.73. The van der Waals surface area contributed by atoms with Crippen LogP contribution in [0.4, 0.5) is 20.4 Å². The summed E-state index contributed by atoms with van der Waals surface area (Å²) in [5, 5.41) is 0. The highest BCUT2D eigenvalue weighted by molar-refractivity contribution is 5.49. The molecule has 1 aromatic heterocycles. The van der Waals surface area contributed by atoms with Gasteiger partial charge in [-0.2, -0.15) is 0 Å². The summed E-state index contributed by atoms with van der Waals surface area (Å²) in [5.41, 5.74) is 2.15. The number of aromatic nitrogens is 1. The van der Waals surface area contributed by atoms with Gasteiger partial charge in [-0.15, -0.1) is 0 Å². The molecule has 0 amide bonds. The molecule has 0 spiro atoms. The number of hydrogen-bond acceptors (Lipinski definition) is 5. The molecule has 1 fully saturated rings. The average Bonchev–Trinajstić information content (AvgIpc) is 2.39. The molecule has 0 radical (unpaired) electrons. The van der Waals surface area contributed by atoms with Crippen LogP contribution in [-0.4, -0.2) is 43.6 Å². The molecule has 3 N–H and O–H groups in total. The Labute approximate surface area is 117 Å². The highest BCUT2D eigenvalue weighted by atomic mass is 19.1. The largest absolute Gasteiger partial charge is 0.354 e. The molecule has 0 bridgehead atoms. The third-order valence-electron chi connectivity index (χ3n) is 3.59. The van der Waals surface area contributed by atoms with Gasteiger partial charge in [0, 0.05) is 25.7 Å². The molecule has 2 rings (SSSR count). The number of nitrogens with zero attached hydrogens (tertiary/aromatic N) is 3. The zero-order valence-electron chi connectivity index (χ0n) is 11.9. The number of nitrogens with one attached hydrogen (secondary N) is 1. The van der Waals surface area contributed by atoms with Gasteiger partial charge >= 0.3 is 0 Å². The van der Waals surface area contributed by atoms with Crippen molar-refractivity contribution in [3.8, 4) is 0 Å². The second-order valence-corrected chi connectivity index (χ2v) is 5.46. The lowest BCUT2D eigenvalue weighted by atomic mass is 9.96. The minimum absolute atomic E-state index is 0.128. The van der Waals surface area contributed by atoms with Gasteiger partial charge in [0.1, 0.15) is 0 Å². The zero-order chi connectivity index (χ0) is 14.7. The SMILES string of the molecule is CN(C)CC1CCN(c2nc(NN)c(F)cc2F)CC1. The van der Waals surface area contributed by atoms with Gasteiger partial charge in [0.2, 0.25) is 0 Å². The lowest BCUT2D eigenvalue weighted by Crippen LogP contribution is -2.38. The molecule has 1 aromatic rings. The fourth-order valence-corrected chi connectivity index (χ4v) is 2.62. The van der Waals surface area contributed by atoms with Crippen molar-refractivity contribution in [3.63, 3.8) is 0 Å². The average molecular weight is 285 g/mol. The molecule has 0 aromatic carbocycles. The molecule has 0 aliphatic carbocycles. The summed E-state index contributed by atoms with van der Waals surface area (Å²) in [6.45, 7) is 2.47. The minimum Gasteiger partial charge on any atom is -0.354 e. The van der Waals surface area contributed by atoms with Gasteiger partial charge in [0.15, 0.2) is 23.3 Å². The standard InChI is InChI=1S/C13H21F2N5/c1-19(2)8-9-3-5-20(6-4-9)13-11(15)7-10(14)12(17-13)18-16/h7,9H,3-6,8,16H2,1-2H3,(H,17,18). The molecule has 1 saturated heterocycles. The second-order valence-electron chi connectivity index (χ2n) is 5.46. The van der Waals surface area contributed by atoms with Crippen LogP contribution in [0.3, 0.4) is 0 Å². The van der Waals surface area contributed by atoms with E-state index in [9.17, 15) is 8.78 Å². The van der Waals surface area contributed by atoms with Crippen molar-refractivity contribution >= 4 is 11.6 Å². The number of hydrazine groups is 1. The van der Waals surface area contributed by atoms with Crippen molar-refractivity contribution < 1.29 is 8.78 Å². The summed E-state index contributed by atoms with van der Waals surface area (Å²) in [5.74, 6) is 4.40. The summed E-state index contributed by atoms with van der Waals surface area (Å²) >= 11 is 0. The summed E-state index contributed by atoms with van der Waals surface area (Å²) in [6.07, 6.45) is 1.95. The van der Waals surface area contributed by atoms with Gasteiger partial charge in [-0.3, -0.25) is 0 Å². The number of nitrogen functional groups attached to an aromatic ring is 1. The van der Waals surface area contributed by atoms with Crippen LogP contribution in [0.15, 0.2) is 6.07 Å².